The van der Waals surface area contributed by atoms with Crippen molar-refractivity contribution in [3.05, 3.63) is 81.0 Å². The average Bonchev–Trinajstić information content (AvgIpc) is 3.13. The summed E-state index contributed by atoms with van der Waals surface area (Å²) >= 11 is 0. The van der Waals surface area contributed by atoms with E-state index in [0.717, 1.165) is 41.1 Å². The summed E-state index contributed by atoms with van der Waals surface area (Å²) in [6.45, 7) is 3.38. The second kappa shape index (κ2) is 7.74. The number of hydrogen-bond donors (Lipinski definition) is 0. The number of hydrazone groups is 1. The van der Waals surface area contributed by atoms with Crippen molar-refractivity contribution in [2.75, 3.05) is 7.11 Å². The zero-order chi connectivity index (χ0) is 21.4. The van der Waals surface area contributed by atoms with Gasteiger partial charge in [-0.05, 0) is 49.9 Å². The first-order valence-electron chi connectivity index (χ1n) is 9.87. The van der Waals surface area contributed by atoms with Crippen LogP contribution < -0.4 is 4.74 Å². The van der Waals surface area contributed by atoms with E-state index in [1.54, 1.807) is 25.3 Å². The van der Waals surface area contributed by atoms with Crippen LogP contribution >= 0.6 is 0 Å². The van der Waals surface area contributed by atoms with Gasteiger partial charge in [-0.1, -0.05) is 18.2 Å². The maximum Gasteiger partial charge on any atom is 0.269 e. The van der Waals surface area contributed by atoms with E-state index in [-0.39, 0.29) is 23.4 Å². The third-order valence-electron chi connectivity index (χ3n) is 5.75. The van der Waals surface area contributed by atoms with Gasteiger partial charge in [-0.25, -0.2) is 0 Å². The molecule has 0 aromatic heterocycles. The number of benzene rings is 2. The van der Waals surface area contributed by atoms with Crippen LogP contribution in [0.25, 0.3) is 0 Å². The summed E-state index contributed by atoms with van der Waals surface area (Å²) in [6, 6.07) is 12.5. The topological polar surface area (TPSA) is 85.0 Å². The first-order valence-corrected chi connectivity index (χ1v) is 9.87. The van der Waals surface area contributed by atoms with Gasteiger partial charge in [0.25, 0.3) is 5.69 Å². The van der Waals surface area contributed by atoms with Crippen LogP contribution in [0.5, 0.6) is 5.75 Å². The summed E-state index contributed by atoms with van der Waals surface area (Å²) in [7, 11) is 1.64. The Kier molecular flexibility index (Phi) is 5.11. The van der Waals surface area contributed by atoms with E-state index >= 15 is 0 Å². The number of carbonyl (C=O) groups is 1. The number of rotatable bonds is 5. The van der Waals surface area contributed by atoms with Crippen LogP contribution in [0, 0.1) is 16.0 Å². The lowest BCUT2D eigenvalue weighted by Gasteiger charge is -2.31. The minimum absolute atomic E-state index is 0.0490. The molecule has 2 aliphatic rings. The minimum Gasteiger partial charge on any atom is -0.497 e. The molecule has 1 heterocycles. The SMILES string of the molecule is COc1ccc2c(c1)C1=NN(/C(C)=C/C(C)=O)[C@@H](c3ccc([N+](=O)[O-])cc3)[C@H]1CC2. The Bertz CT molecular complexity index is 1070. The van der Waals surface area contributed by atoms with Gasteiger partial charge in [-0.2, -0.15) is 5.10 Å². The maximum absolute atomic E-state index is 11.7. The van der Waals surface area contributed by atoms with Gasteiger partial charge in [0.05, 0.1) is 23.8 Å². The average molecular weight is 405 g/mol. The van der Waals surface area contributed by atoms with Gasteiger partial charge in [0.1, 0.15) is 5.75 Å². The molecule has 0 bridgehead atoms. The number of ether oxygens (including phenoxy) is 1. The molecule has 2 atom stereocenters. The van der Waals surface area contributed by atoms with E-state index in [9.17, 15) is 14.9 Å². The Morgan fingerprint density at radius 3 is 2.60 bits per heavy atom. The van der Waals surface area contributed by atoms with Crippen LogP contribution in [-0.2, 0) is 11.2 Å². The Morgan fingerprint density at radius 1 is 1.23 bits per heavy atom. The van der Waals surface area contributed by atoms with Gasteiger partial charge in [-0.3, -0.25) is 19.9 Å². The van der Waals surface area contributed by atoms with Gasteiger partial charge in [0.15, 0.2) is 5.78 Å². The summed E-state index contributed by atoms with van der Waals surface area (Å²) < 4.78 is 5.41. The fraction of sp³-hybridized carbons (Fsp3) is 0.304. The number of fused-ring (bicyclic) bond motifs is 3. The molecule has 1 aliphatic heterocycles. The molecule has 154 valence electrons. The highest BCUT2D eigenvalue weighted by atomic mass is 16.6. The van der Waals surface area contributed by atoms with Crippen molar-refractivity contribution in [1.29, 1.82) is 0 Å². The molecule has 0 amide bonds. The number of carbonyl (C=O) groups excluding carboxylic acids is 1. The number of nitro benzene ring substituents is 1. The highest BCUT2D eigenvalue weighted by Gasteiger charge is 2.42. The standard InChI is InChI=1S/C23H23N3O4/c1-14(12-15(2)27)25-23(17-4-8-18(9-5-17)26(28)29)20-11-7-16-6-10-19(30-3)13-21(16)22(20)24-25/h4-6,8-10,12-13,20,23H,7,11H2,1-3H3/b14-12+/t20-,23-/m0/s1. The lowest BCUT2D eigenvalue weighted by molar-refractivity contribution is -0.384. The van der Waals surface area contributed by atoms with E-state index in [1.807, 2.05) is 24.1 Å². The zero-order valence-corrected chi connectivity index (χ0v) is 17.2. The predicted molar refractivity (Wildman–Crippen MR) is 113 cm³/mol. The van der Waals surface area contributed by atoms with Crippen molar-refractivity contribution in [2.45, 2.75) is 32.7 Å². The number of nitrogens with zero attached hydrogens (tertiary/aromatic N) is 3. The zero-order valence-electron chi connectivity index (χ0n) is 17.2. The van der Waals surface area contributed by atoms with E-state index < -0.39 is 4.92 Å². The van der Waals surface area contributed by atoms with Crippen LogP contribution in [-0.4, -0.2) is 28.5 Å². The van der Waals surface area contributed by atoms with E-state index in [1.165, 1.54) is 24.6 Å². The Labute approximate surface area is 174 Å². The summed E-state index contributed by atoms with van der Waals surface area (Å²) in [5.41, 5.74) is 5.00. The predicted octanol–water partition coefficient (Wildman–Crippen LogP) is 4.42. The van der Waals surface area contributed by atoms with Crippen LogP contribution in [0.15, 0.2) is 59.3 Å². The van der Waals surface area contributed by atoms with E-state index in [0.29, 0.717) is 0 Å². The second-order valence-corrected chi connectivity index (χ2v) is 7.69. The monoisotopic (exact) mass is 405 g/mol. The molecule has 1 aliphatic carbocycles. The number of methoxy groups -OCH3 is 1. The molecule has 7 nitrogen and oxygen atoms in total. The third-order valence-corrected chi connectivity index (χ3v) is 5.75. The minimum atomic E-state index is -0.401. The fourth-order valence-electron chi connectivity index (χ4n) is 4.40. The Balaban J connectivity index is 1.81. The van der Waals surface area contributed by atoms with Crippen LogP contribution in [0.1, 0.15) is 43.0 Å². The van der Waals surface area contributed by atoms with Gasteiger partial charge < -0.3 is 4.74 Å². The van der Waals surface area contributed by atoms with E-state index in [2.05, 4.69) is 6.07 Å². The Morgan fingerprint density at radius 2 is 1.97 bits per heavy atom. The Hall–Kier alpha value is -3.48. The molecule has 0 saturated carbocycles. The number of hydrogen-bond acceptors (Lipinski definition) is 6. The third kappa shape index (κ3) is 3.47. The van der Waals surface area contributed by atoms with Crippen LogP contribution in [0.3, 0.4) is 0 Å². The molecule has 0 saturated heterocycles. The van der Waals surface area contributed by atoms with Gasteiger partial charge in [0.2, 0.25) is 0 Å². The summed E-state index contributed by atoms with van der Waals surface area (Å²) in [6.07, 6.45) is 3.39. The van der Waals surface area contributed by atoms with E-state index in [4.69, 9.17) is 9.84 Å². The molecule has 2 aromatic rings. The number of non-ortho nitro benzene ring substituents is 1. The number of allylic oxidation sites excluding steroid dienone is 2. The molecule has 0 unspecified atom stereocenters. The molecule has 4 rings (SSSR count). The van der Waals surface area contributed by atoms with Crippen LogP contribution in [0.4, 0.5) is 5.69 Å². The van der Waals surface area contributed by atoms with Gasteiger partial charge in [-0.15, -0.1) is 0 Å². The quantitative estimate of drug-likeness (QED) is 0.418. The molecule has 0 N–H and O–H groups in total. The molecule has 2 aromatic carbocycles. The first kappa shape index (κ1) is 19.8. The molecule has 0 spiro atoms. The molecular weight excluding hydrogens is 382 g/mol. The van der Waals surface area contributed by atoms with Crippen molar-refractivity contribution in [3.8, 4) is 5.75 Å². The molecule has 0 fully saturated rings. The second-order valence-electron chi connectivity index (χ2n) is 7.69. The highest BCUT2D eigenvalue weighted by Crippen LogP contribution is 2.45. The van der Waals surface area contributed by atoms with Crippen LogP contribution in [0.2, 0.25) is 0 Å². The maximum atomic E-state index is 11.7. The summed E-state index contributed by atoms with van der Waals surface area (Å²) in [5, 5.41) is 17.9. The lowest BCUT2D eigenvalue weighted by atomic mass is 9.77. The normalized spacial score (nSPS) is 20.3. The molecule has 0 radical (unpaired) electrons. The van der Waals surface area contributed by atoms with Crippen molar-refractivity contribution < 1.29 is 14.5 Å². The van der Waals surface area contributed by atoms with Gasteiger partial charge in [0, 0.05) is 35.4 Å². The van der Waals surface area contributed by atoms with Crippen molar-refractivity contribution in [3.63, 3.8) is 0 Å². The first-order chi connectivity index (χ1) is 14.4. The summed E-state index contributed by atoms with van der Waals surface area (Å²) in [5.74, 6) is 0.840. The van der Waals surface area contributed by atoms with Crippen molar-refractivity contribution in [1.82, 2.24) is 5.01 Å². The fourth-order valence-corrected chi connectivity index (χ4v) is 4.40. The van der Waals surface area contributed by atoms with Crippen molar-refractivity contribution >= 4 is 17.2 Å². The molecule has 30 heavy (non-hydrogen) atoms. The molecular formula is C23H23N3O4. The largest absolute Gasteiger partial charge is 0.497 e. The number of ketones is 1. The van der Waals surface area contributed by atoms with Gasteiger partial charge >= 0.3 is 0 Å². The number of aryl methyl sites for hydroxylation is 1. The highest BCUT2D eigenvalue weighted by molar-refractivity contribution is 6.06. The lowest BCUT2D eigenvalue weighted by Crippen LogP contribution is -2.28. The van der Waals surface area contributed by atoms with Crippen molar-refractivity contribution in [2.24, 2.45) is 11.0 Å². The smallest absolute Gasteiger partial charge is 0.269 e. The molecule has 7 heteroatoms. The number of nitro groups is 1. The summed E-state index contributed by atoms with van der Waals surface area (Å²) in [4.78, 5) is 22.4.